The number of carboxylic acids is 1. The summed E-state index contributed by atoms with van der Waals surface area (Å²) in [5.74, 6) is -3.13. The maximum Gasteiger partial charge on any atom is 0.372 e. The van der Waals surface area contributed by atoms with Crippen molar-refractivity contribution in [3.8, 4) is 0 Å². The van der Waals surface area contributed by atoms with Crippen LogP contribution in [-0.4, -0.2) is 53.7 Å². The second-order valence-corrected chi connectivity index (χ2v) is 8.63. The van der Waals surface area contributed by atoms with Crippen LogP contribution in [0.3, 0.4) is 0 Å². The van der Waals surface area contributed by atoms with E-state index in [0.717, 1.165) is 49.5 Å². The van der Waals surface area contributed by atoms with Gasteiger partial charge in [-0.3, -0.25) is 14.5 Å². The van der Waals surface area contributed by atoms with E-state index in [2.05, 4.69) is 40.1 Å². The van der Waals surface area contributed by atoms with Crippen LogP contribution in [0.2, 0.25) is 0 Å². The van der Waals surface area contributed by atoms with Crippen LogP contribution >= 0.6 is 0 Å². The van der Waals surface area contributed by atoms with Gasteiger partial charge in [0.25, 0.3) is 0 Å². The minimum absolute atomic E-state index is 0.379. The van der Waals surface area contributed by atoms with Gasteiger partial charge in [0, 0.05) is 44.0 Å². The molecule has 0 unspecified atom stereocenters. The fourth-order valence-corrected chi connectivity index (χ4v) is 4.28. The van der Waals surface area contributed by atoms with E-state index in [9.17, 15) is 14.4 Å². The summed E-state index contributed by atoms with van der Waals surface area (Å²) in [6.45, 7) is 4.35. The summed E-state index contributed by atoms with van der Waals surface area (Å²) < 4.78 is 0. The number of hydrogen-bond acceptors (Lipinski definition) is 5. The third-order valence-electron chi connectivity index (χ3n) is 6.10. The predicted octanol–water partition coefficient (Wildman–Crippen LogP) is 3.83. The number of Topliss-reactive ketones (excluding diaryl/α,β-unsaturated/α-hetero) is 2. The molecule has 4 rings (SSSR count). The lowest BCUT2D eigenvalue weighted by Gasteiger charge is -2.36. The lowest BCUT2D eigenvalue weighted by Crippen LogP contribution is -2.46. The molecule has 1 saturated heterocycles. The Labute approximate surface area is 199 Å². The highest BCUT2D eigenvalue weighted by Gasteiger charge is 2.22. The van der Waals surface area contributed by atoms with Gasteiger partial charge in [0.2, 0.25) is 5.78 Å². The van der Waals surface area contributed by atoms with Gasteiger partial charge >= 0.3 is 5.97 Å². The average Bonchev–Trinajstić information content (AvgIpc) is 2.85. The molecular weight excluding hydrogens is 428 g/mol. The zero-order chi connectivity index (χ0) is 23.9. The number of piperazine rings is 1. The third-order valence-corrected chi connectivity index (χ3v) is 6.10. The summed E-state index contributed by atoms with van der Waals surface area (Å²) in [4.78, 5) is 40.0. The number of benzene rings is 3. The van der Waals surface area contributed by atoms with Crippen molar-refractivity contribution in [1.29, 1.82) is 0 Å². The number of aliphatic carboxylic acids is 1. The van der Waals surface area contributed by atoms with Crippen molar-refractivity contribution < 1.29 is 19.5 Å². The van der Waals surface area contributed by atoms with E-state index in [0.29, 0.717) is 12.0 Å². The molecule has 0 bridgehead atoms. The number of ketones is 2. The number of carbonyl (C=O) groups excluding carboxylic acids is 2. The van der Waals surface area contributed by atoms with Crippen molar-refractivity contribution in [3.63, 3.8) is 0 Å². The second kappa shape index (κ2) is 10.9. The Hall–Kier alpha value is -3.77. The molecule has 1 N–H and O–H groups in total. The van der Waals surface area contributed by atoms with Crippen LogP contribution in [0.15, 0.2) is 78.9 Å². The number of anilines is 1. The standard InChI is InChI=1S/C28H28N2O4/c31-26(19-27(32)28(33)34)24-16-23(15-21-7-3-1-4-8-21)17-25(18-24)30-13-11-29(12-14-30)20-22-9-5-2-6-10-22/h1-10,16-18H,11-15,19-20H2,(H,33,34). The molecule has 1 fully saturated rings. The van der Waals surface area contributed by atoms with Gasteiger partial charge in [-0.25, -0.2) is 4.79 Å². The second-order valence-electron chi connectivity index (χ2n) is 8.63. The molecule has 6 nitrogen and oxygen atoms in total. The van der Waals surface area contributed by atoms with Gasteiger partial charge in [-0.05, 0) is 41.3 Å². The fourth-order valence-electron chi connectivity index (χ4n) is 4.28. The van der Waals surface area contributed by atoms with Crippen molar-refractivity contribution in [2.45, 2.75) is 19.4 Å². The zero-order valence-electron chi connectivity index (χ0n) is 19.0. The van der Waals surface area contributed by atoms with E-state index in [1.165, 1.54) is 5.56 Å². The van der Waals surface area contributed by atoms with Gasteiger partial charge in [-0.15, -0.1) is 0 Å². The first kappa shape index (κ1) is 23.4. The molecule has 0 saturated carbocycles. The number of hydrogen-bond donors (Lipinski definition) is 1. The van der Waals surface area contributed by atoms with Gasteiger partial charge < -0.3 is 10.0 Å². The van der Waals surface area contributed by atoms with Gasteiger partial charge in [-0.1, -0.05) is 60.7 Å². The predicted molar refractivity (Wildman–Crippen MR) is 131 cm³/mol. The topological polar surface area (TPSA) is 77.9 Å². The molecule has 1 aliphatic heterocycles. The maximum atomic E-state index is 12.7. The van der Waals surface area contributed by atoms with E-state index in [1.54, 1.807) is 12.1 Å². The molecule has 0 aliphatic carbocycles. The molecule has 1 heterocycles. The molecule has 3 aromatic rings. The van der Waals surface area contributed by atoms with Crippen LogP contribution in [0.1, 0.15) is 33.5 Å². The molecular formula is C28H28N2O4. The smallest absolute Gasteiger partial charge is 0.372 e. The Balaban J connectivity index is 1.52. The maximum absolute atomic E-state index is 12.7. The highest BCUT2D eigenvalue weighted by atomic mass is 16.4. The van der Waals surface area contributed by atoms with Gasteiger partial charge in [-0.2, -0.15) is 0 Å². The Morgan fingerprint density at radius 3 is 1.97 bits per heavy atom. The zero-order valence-corrected chi connectivity index (χ0v) is 19.0. The highest BCUT2D eigenvalue weighted by Crippen LogP contribution is 2.24. The number of nitrogens with zero attached hydrogens (tertiary/aromatic N) is 2. The molecule has 0 aromatic heterocycles. The summed E-state index contributed by atoms with van der Waals surface area (Å²) in [6, 6.07) is 26.0. The van der Waals surface area contributed by atoms with E-state index >= 15 is 0 Å². The SMILES string of the molecule is O=C(O)C(=O)CC(=O)c1cc(Cc2ccccc2)cc(N2CCN(Cc3ccccc3)CC2)c1. The van der Waals surface area contributed by atoms with Crippen LogP contribution in [0, 0.1) is 0 Å². The Morgan fingerprint density at radius 1 is 0.735 bits per heavy atom. The van der Waals surface area contributed by atoms with Gasteiger partial charge in [0.05, 0.1) is 6.42 Å². The fraction of sp³-hybridized carbons (Fsp3) is 0.250. The average molecular weight is 457 g/mol. The number of rotatable bonds is 9. The van der Waals surface area contributed by atoms with Crippen LogP contribution in [-0.2, 0) is 22.6 Å². The molecule has 0 amide bonds. The third kappa shape index (κ3) is 6.17. The van der Waals surface area contributed by atoms with Crippen molar-refractivity contribution in [3.05, 3.63) is 101 Å². The molecule has 0 spiro atoms. The highest BCUT2D eigenvalue weighted by molar-refractivity contribution is 6.37. The normalized spacial score (nSPS) is 14.1. The largest absolute Gasteiger partial charge is 0.475 e. The lowest BCUT2D eigenvalue weighted by molar-refractivity contribution is -0.148. The number of carbonyl (C=O) groups is 3. The van der Waals surface area contributed by atoms with E-state index < -0.39 is 24.0 Å². The Kier molecular flexibility index (Phi) is 7.50. The molecule has 0 atom stereocenters. The van der Waals surface area contributed by atoms with Crippen LogP contribution in [0.5, 0.6) is 0 Å². The first-order valence-corrected chi connectivity index (χ1v) is 11.5. The van der Waals surface area contributed by atoms with Crippen molar-refractivity contribution in [2.75, 3.05) is 31.1 Å². The monoisotopic (exact) mass is 456 g/mol. The number of carboxylic acid groups (broad SMARTS) is 1. The molecule has 3 aromatic carbocycles. The van der Waals surface area contributed by atoms with E-state index in [4.69, 9.17) is 5.11 Å². The summed E-state index contributed by atoms with van der Waals surface area (Å²) >= 11 is 0. The minimum Gasteiger partial charge on any atom is -0.475 e. The molecule has 6 heteroatoms. The van der Waals surface area contributed by atoms with E-state index in [-0.39, 0.29) is 0 Å². The molecule has 0 radical (unpaired) electrons. The van der Waals surface area contributed by atoms with Crippen LogP contribution in [0.4, 0.5) is 5.69 Å². The minimum atomic E-state index is -1.58. The first-order chi connectivity index (χ1) is 16.5. The Bertz CT molecular complexity index is 1150. The summed E-state index contributed by atoms with van der Waals surface area (Å²) in [5, 5.41) is 8.90. The summed E-state index contributed by atoms with van der Waals surface area (Å²) in [5.41, 5.74) is 4.68. The van der Waals surface area contributed by atoms with Crippen molar-refractivity contribution in [2.24, 2.45) is 0 Å². The van der Waals surface area contributed by atoms with Gasteiger partial charge in [0.15, 0.2) is 5.78 Å². The van der Waals surface area contributed by atoms with Crippen molar-refractivity contribution >= 4 is 23.2 Å². The molecule has 174 valence electrons. The molecule has 34 heavy (non-hydrogen) atoms. The van der Waals surface area contributed by atoms with Crippen LogP contribution in [0.25, 0.3) is 0 Å². The van der Waals surface area contributed by atoms with Crippen LogP contribution < -0.4 is 4.90 Å². The Morgan fingerprint density at radius 2 is 1.35 bits per heavy atom. The summed E-state index contributed by atoms with van der Waals surface area (Å²) in [7, 11) is 0. The van der Waals surface area contributed by atoms with Gasteiger partial charge in [0.1, 0.15) is 0 Å². The molecule has 1 aliphatic rings. The van der Waals surface area contributed by atoms with E-state index in [1.807, 2.05) is 36.4 Å². The first-order valence-electron chi connectivity index (χ1n) is 11.5. The van der Waals surface area contributed by atoms with Crippen molar-refractivity contribution in [1.82, 2.24) is 4.90 Å². The quantitative estimate of drug-likeness (QED) is 0.300. The summed E-state index contributed by atoms with van der Waals surface area (Å²) in [6.07, 6.45) is 0.0181. The lowest BCUT2D eigenvalue weighted by atomic mass is 9.98.